The molecule has 5 nitrogen and oxygen atoms in total. The predicted octanol–water partition coefficient (Wildman–Crippen LogP) is 2.12. The van der Waals surface area contributed by atoms with Crippen LogP contribution >= 0.6 is 0 Å². The van der Waals surface area contributed by atoms with Gasteiger partial charge in [-0.25, -0.2) is 0 Å². The number of H-pyrrole nitrogens is 1. The van der Waals surface area contributed by atoms with Gasteiger partial charge in [0.2, 0.25) is 0 Å². The fourth-order valence-electron chi connectivity index (χ4n) is 2.23. The van der Waals surface area contributed by atoms with Crippen molar-refractivity contribution in [1.82, 2.24) is 4.98 Å². The van der Waals surface area contributed by atoms with Gasteiger partial charge in [-0.15, -0.1) is 0 Å². The first-order valence-corrected chi connectivity index (χ1v) is 5.52. The molecule has 2 aromatic rings. The smallest absolute Gasteiger partial charge is 0.311 e. The second-order valence-electron chi connectivity index (χ2n) is 4.20. The summed E-state index contributed by atoms with van der Waals surface area (Å²) in [6, 6.07) is 7.28. The SMILES string of the molecule is Cc1[nH]c2ccccc2c1C(CC(=O)O)C(=O)O. The number of carbonyl (C=O) groups is 2. The van der Waals surface area contributed by atoms with Crippen LogP contribution in [0.1, 0.15) is 23.6 Å². The van der Waals surface area contributed by atoms with Crippen LogP contribution in [0.2, 0.25) is 0 Å². The van der Waals surface area contributed by atoms with Gasteiger partial charge in [0.25, 0.3) is 0 Å². The highest BCUT2D eigenvalue weighted by Crippen LogP contribution is 2.31. The van der Waals surface area contributed by atoms with E-state index in [4.69, 9.17) is 5.11 Å². The Bertz CT molecular complexity index is 614. The summed E-state index contributed by atoms with van der Waals surface area (Å²) in [5.41, 5.74) is 2.08. The van der Waals surface area contributed by atoms with Crippen molar-refractivity contribution >= 4 is 22.8 Å². The van der Waals surface area contributed by atoms with Gasteiger partial charge in [-0.3, -0.25) is 9.59 Å². The molecule has 18 heavy (non-hydrogen) atoms. The van der Waals surface area contributed by atoms with Gasteiger partial charge in [0.15, 0.2) is 0 Å². The highest BCUT2D eigenvalue weighted by molar-refractivity contribution is 5.92. The first-order valence-electron chi connectivity index (χ1n) is 5.52. The lowest BCUT2D eigenvalue weighted by Gasteiger charge is -2.10. The Morgan fingerprint density at radius 2 is 1.94 bits per heavy atom. The van der Waals surface area contributed by atoms with Gasteiger partial charge in [-0.2, -0.15) is 0 Å². The molecular weight excluding hydrogens is 234 g/mol. The number of aromatic nitrogens is 1. The number of aromatic amines is 1. The molecule has 0 amide bonds. The van der Waals surface area contributed by atoms with Gasteiger partial charge >= 0.3 is 11.9 Å². The fourth-order valence-corrected chi connectivity index (χ4v) is 2.23. The summed E-state index contributed by atoms with van der Waals surface area (Å²) < 4.78 is 0. The van der Waals surface area contributed by atoms with Crippen molar-refractivity contribution in [2.45, 2.75) is 19.3 Å². The maximum Gasteiger partial charge on any atom is 0.311 e. The molecule has 0 fully saturated rings. The second-order valence-corrected chi connectivity index (χ2v) is 4.20. The van der Waals surface area contributed by atoms with Crippen LogP contribution < -0.4 is 0 Å². The molecule has 0 aliphatic carbocycles. The average molecular weight is 247 g/mol. The summed E-state index contributed by atoms with van der Waals surface area (Å²) in [6.07, 6.45) is -0.419. The molecule has 3 N–H and O–H groups in total. The molecule has 1 unspecified atom stereocenters. The Labute approximate surface area is 103 Å². The van der Waals surface area contributed by atoms with Crippen molar-refractivity contribution in [3.8, 4) is 0 Å². The summed E-state index contributed by atoms with van der Waals surface area (Å²) in [7, 11) is 0. The van der Waals surface area contributed by atoms with E-state index in [1.165, 1.54) is 0 Å². The predicted molar refractivity (Wildman–Crippen MR) is 65.7 cm³/mol. The minimum Gasteiger partial charge on any atom is -0.481 e. The molecule has 1 atom stereocenters. The van der Waals surface area contributed by atoms with E-state index >= 15 is 0 Å². The maximum atomic E-state index is 11.3. The third-order valence-electron chi connectivity index (χ3n) is 2.97. The van der Waals surface area contributed by atoms with E-state index in [1.807, 2.05) is 12.1 Å². The number of rotatable bonds is 4. The Hall–Kier alpha value is -2.30. The molecule has 0 bridgehead atoms. The molecule has 0 radical (unpaired) electrons. The second kappa shape index (κ2) is 4.52. The topological polar surface area (TPSA) is 90.4 Å². The van der Waals surface area contributed by atoms with Gasteiger partial charge in [0.1, 0.15) is 0 Å². The molecule has 5 heteroatoms. The van der Waals surface area contributed by atoms with Crippen molar-refractivity contribution in [1.29, 1.82) is 0 Å². The maximum absolute atomic E-state index is 11.3. The van der Waals surface area contributed by atoms with Gasteiger partial charge in [0, 0.05) is 16.6 Å². The average Bonchev–Trinajstić information content (AvgIpc) is 2.61. The van der Waals surface area contributed by atoms with E-state index in [0.29, 0.717) is 11.3 Å². The highest BCUT2D eigenvalue weighted by Gasteiger charge is 2.27. The van der Waals surface area contributed by atoms with Crippen molar-refractivity contribution in [3.05, 3.63) is 35.5 Å². The number of para-hydroxylation sites is 1. The Kier molecular flexibility index (Phi) is 3.06. The molecule has 1 aromatic carbocycles. The van der Waals surface area contributed by atoms with Crippen LogP contribution in [0, 0.1) is 6.92 Å². The number of carboxylic acid groups (broad SMARTS) is 2. The lowest BCUT2D eigenvalue weighted by atomic mass is 9.93. The molecule has 0 saturated carbocycles. The summed E-state index contributed by atoms with van der Waals surface area (Å²) >= 11 is 0. The van der Waals surface area contributed by atoms with Crippen LogP contribution in [0.15, 0.2) is 24.3 Å². The Balaban J connectivity index is 2.59. The molecule has 0 aliphatic rings. The van der Waals surface area contributed by atoms with E-state index in [2.05, 4.69) is 4.98 Å². The normalized spacial score (nSPS) is 12.5. The van der Waals surface area contributed by atoms with Crippen LogP contribution in [-0.2, 0) is 9.59 Å². The molecular formula is C13H13NO4. The fraction of sp³-hybridized carbons (Fsp3) is 0.231. The van der Waals surface area contributed by atoms with Gasteiger partial charge in [-0.1, -0.05) is 18.2 Å². The number of hydrogen-bond acceptors (Lipinski definition) is 2. The van der Waals surface area contributed by atoms with Crippen molar-refractivity contribution in [3.63, 3.8) is 0 Å². The minimum absolute atomic E-state index is 0.419. The Morgan fingerprint density at radius 3 is 2.56 bits per heavy atom. The number of aliphatic carboxylic acids is 2. The third kappa shape index (κ3) is 2.07. The molecule has 0 saturated heterocycles. The molecule has 94 valence electrons. The number of fused-ring (bicyclic) bond motifs is 1. The van der Waals surface area contributed by atoms with Crippen LogP contribution in [0.3, 0.4) is 0 Å². The summed E-state index contributed by atoms with van der Waals surface area (Å²) in [5, 5.41) is 18.8. The standard InChI is InChI=1S/C13H13NO4/c1-7-12(9(13(17)18)6-11(15)16)8-4-2-3-5-10(8)14-7/h2-5,9,14H,6H2,1H3,(H,15,16)(H,17,18). The number of aryl methyl sites for hydroxylation is 1. The number of benzene rings is 1. The van der Waals surface area contributed by atoms with Crippen molar-refractivity contribution in [2.24, 2.45) is 0 Å². The monoisotopic (exact) mass is 247 g/mol. The zero-order valence-corrected chi connectivity index (χ0v) is 9.80. The van der Waals surface area contributed by atoms with Crippen molar-refractivity contribution in [2.75, 3.05) is 0 Å². The number of nitrogens with one attached hydrogen (secondary N) is 1. The zero-order chi connectivity index (χ0) is 13.3. The number of hydrogen-bond donors (Lipinski definition) is 3. The molecule has 2 rings (SSSR count). The van der Waals surface area contributed by atoms with Crippen LogP contribution in [0.5, 0.6) is 0 Å². The first kappa shape index (κ1) is 12.2. The van der Waals surface area contributed by atoms with E-state index in [9.17, 15) is 14.7 Å². The van der Waals surface area contributed by atoms with E-state index in [1.54, 1.807) is 19.1 Å². The third-order valence-corrected chi connectivity index (χ3v) is 2.97. The minimum atomic E-state index is -1.12. The van der Waals surface area contributed by atoms with Crippen LogP contribution in [0.25, 0.3) is 10.9 Å². The molecule has 1 aromatic heterocycles. The first-order chi connectivity index (χ1) is 8.50. The number of carboxylic acids is 2. The van der Waals surface area contributed by atoms with Crippen LogP contribution in [0.4, 0.5) is 0 Å². The van der Waals surface area contributed by atoms with Gasteiger partial charge < -0.3 is 15.2 Å². The molecule has 0 aliphatic heterocycles. The quantitative estimate of drug-likeness (QED) is 0.771. The Morgan fingerprint density at radius 1 is 1.28 bits per heavy atom. The van der Waals surface area contributed by atoms with E-state index in [0.717, 1.165) is 10.9 Å². The van der Waals surface area contributed by atoms with Crippen LogP contribution in [-0.4, -0.2) is 27.1 Å². The van der Waals surface area contributed by atoms with Gasteiger partial charge in [-0.05, 0) is 18.6 Å². The highest BCUT2D eigenvalue weighted by atomic mass is 16.4. The lowest BCUT2D eigenvalue weighted by Crippen LogP contribution is -2.16. The summed E-state index contributed by atoms with van der Waals surface area (Å²) in [5.74, 6) is -3.27. The largest absolute Gasteiger partial charge is 0.481 e. The van der Waals surface area contributed by atoms with Gasteiger partial charge in [0.05, 0.1) is 12.3 Å². The van der Waals surface area contributed by atoms with Crippen molar-refractivity contribution < 1.29 is 19.8 Å². The van der Waals surface area contributed by atoms with E-state index in [-0.39, 0.29) is 0 Å². The summed E-state index contributed by atoms with van der Waals surface area (Å²) in [6.45, 7) is 1.76. The lowest BCUT2D eigenvalue weighted by molar-refractivity contribution is -0.145. The molecule has 1 heterocycles. The van der Waals surface area contributed by atoms with E-state index < -0.39 is 24.3 Å². The zero-order valence-electron chi connectivity index (χ0n) is 9.80. The molecule has 0 spiro atoms. The summed E-state index contributed by atoms with van der Waals surface area (Å²) in [4.78, 5) is 25.1.